The van der Waals surface area contributed by atoms with E-state index in [0.29, 0.717) is 53.9 Å². The maximum Gasteiger partial charge on any atom is 0.201 e. The van der Waals surface area contributed by atoms with Crippen LogP contribution < -0.4 is 10.9 Å². The molecule has 0 aliphatic heterocycles. The number of phenolic OH excluding ortho intramolecular Hbond substituents is 6. The summed E-state index contributed by atoms with van der Waals surface area (Å²) in [5.74, 6) is -2.55. The lowest BCUT2D eigenvalue weighted by atomic mass is 9.77. The van der Waals surface area contributed by atoms with Crippen LogP contribution >= 0.6 is 0 Å². The first-order valence-electron chi connectivity index (χ1n) is 13.8. The Morgan fingerprint density at radius 3 is 1.00 bits per heavy atom. The van der Waals surface area contributed by atoms with Crippen LogP contribution in [-0.2, 0) is 0 Å². The number of benzene rings is 10. The standard InChI is InChI=1S/C36H16O8/c37-15-9-17(39)23-27-21(15)22-16(38)10-18(40)24-28(22)30-26-20(12-6-2-4-8-14(12)34(42)32(26)36(24)44)19-11-5-1-3-7-13(11)33(41)31(35(23)43)25(19)29(27)30/h1-10,37-42H. The molecule has 208 valence electrons. The molecule has 10 rings (SSSR count). The third-order valence-corrected chi connectivity index (χ3v) is 9.61. The van der Waals surface area contributed by atoms with Gasteiger partial charge < -0.3 is 30.6 Å². The third kappa shape index (κ3) is 2.21. The fourth-order valence-corrected chi connectivity index (χ4v) is 8.08. The molecule has 0 radical (unpaired) electrons. The van der Waals surface area contributed by atoms with Crippen molar-refractivity contribution in [3.63, 3.8) is 0 Å². The second-order valence-electron chi connectivity index (χ2n) is 11.5. The molecule has 0 aromatic heterocycles. The quantitative estimate of drug-likeness (QED) is 0.0853. The van der Waals surface area contributed by atoms with Gasteiger partial charge in [0.2, 0.25) is 10.9 Å². The Hall–Kier alpha value is -6.28. The van der Waals surface area contributed by atoms with E-state index in [-0.39, 0.29) is 54.6 Å². The van der Waals surface area contributed by atoms with Crippen molar-refractivity contribution in [3.05, 3.63) is 81.1 Å². The van der Waals surface area contributed by atoms with Gasteiger partial charge in [0.05, 0.1) is 21.5 Å². The summed E-state index contributed by atoms with van der Waals surface area (Å²) in [4.78, 5) is 28.8. The molecule has 0 heterocycles. The van der Waals surface area contributed by atoms with Gasteiger partial charge in [-0.1, -0.05) is 48.5 Å². The van der Waals surface area contributed by atoms with E-state index >= 15 is 0 Å². The minimum Gasteiger partial charge on any atom is -0.507 e. The van der Waals surface area contributed by atoms with Gasteiger partial charge in [-0.15, -0.1) is 0 Å². The highest BCUT2D eigenvalue weighted by molar-refractivity contribution is 6.54. The van der Waals surface area contributed by atoms with Crippen molar-refractivity contribution in [1.82, 2.24) is 0 Å². The molecular formula is C36H16O8. The molecule has 6 N–H and O–H groups in total. The van der Waals surface area contributed by atoms with Crippen molar-refractivity contribution < 1.29 is 30.6 Å². The predicted octanol–water partition coefficient (Wildman–Crippen LogP) is 6.77. The molecule has 0 fully saturated rings. The van der Waals surface area contributed by atoms with Crippen molar-refractivity contribution in [2.24, 2.45) is 0 Å². The summed E-state index contributed by atoms with van der Waals surface area (Å²) in [6, 6.07) is 16.0. The lowest BCUT2D eigenvalue weighted by Gasteiger charge is -2.25. The molecule has 0 spiro atoms. The molecule has 0 aliphatic rings. The molecule has 0 atom stereocenters. The zero-order valence-corrected chi connectivity index (χ0v) is 22.3. The van der Waals surface area contributed by atoms with E-state index in [0.717, 1.165) is 12.1 Å². The first kappa shape index (κ1) is 23.3. The average Bonchev–Trinajstić information content (AvgIpc) is 3.00. The van der Waals surface area contributed by atoms with Gasteiger partial charge in [0.15, 0.2) is 0 Å². The highest BCUT2D eigenvalue weighted by atomic mass is 16.3. The van der Waals surface area contributed by atoms with E-state index in [9.17, 15) is 40.2 Å². The van der Waals surface area contributed by atoms with Crippen LogP contribution in [0.5, 0.6) is 34.5 Å². The van der Waals surface area contributed by atoms with E-state index < -0.39 is 33.9 Å². The second-order valence-corrected chi connectivity index (χ2v) is 11.5. The molecular weight excluding hydrogens is 560 g/mol. The summed E-state index contributed by atoms with van der Waals surface area (Å²) in [6.45, 7) is 0. The maximum atomic E-state index is 14.4. The first-order valence-corrected chi connectivity index (χ1v) is 13.8. The lowest BCUT2D eigenvalue weighted by Crippen LogP contribution is -2.10. The molecule has 0 aliphatic carbocycles. The summed E-state index contributed by atoms with van der Waals surface area (Å²) in [5.41, 5.74) is -1.36. The highest BCUT2D eigenvalue weighted by Crippen LogP contribution is 2.58. The molecule has 10 aromatic carbocycles. The van der Waals surface area contributed by atoms with Crippen molar-refractivity contribution in [3.8, 4) is 34.5 Å². The van der Waals surface area contributed by atoms with Crippen molar-refractivity contribution >= 4 is 97.0 Å². The van der Waals surface area contributed by atoms with Gasteiger partial charge in [0.25, 0.3) is 0 Å². The molecule has 44 heavy (non-hydrogen) atoms. The predicted molar refractivity (Wildman–Crippen MR) is 171 cm³/mol. The Kier molecular flexibility index (Phi) is 3.72. The van der Waals surface area contributed by atoms with E-state index in [1.807, 2.05) is 0 Å². The van der Waals surface area contributed by atoms with Crippen LogP contribution in [0, 0.1) is 0 Å². The smallest absolute Gasteiger partial charge is 0.201 e. The van der Waals surface area contributed by atoms with Crippen LogP contribution in [0.4, 0.5) is 0 Å². The molecule has 0 saturated heterocycles. The van der Waals surface area contributed by atoms with Crippen LogP contribution in [-0.4, -0.2) is 30.6 Å². The van der Waals surface area contributed by atoms with Crippen molar-refractivity contribution in [2.75, 3.05) is 0 Å². The van der Waals surface area contributed by atoms with Gasteiger partial charge in [-0.25, -0.2) is 0 Å². The van der Waals surface area contributed by atoms with Crippen LogP contribution in [0.1, 0.15) is 0 Å². The lowest BCUT2D eigenvalue weighted by molar-refractivity contribution is 0.455. The van der Waals surface area contributed by atoms with Gasteiger partial charge >= 0.3 is 0 Å². The van der Waals surface area contributed by atoms with E-state index in [1.54, 1.807) is 48.5 Å². The van der Waals surface area contributed by atoms with Crippen molar-refractivity contribution in [1.29, 1.82) is 0 Å². The monoisotopic (exact) mass is 576 g/mol. The zero-order valence-electron chi connectivity index (χ0n) is 22.3. The molecule has 10 aromatic rings. The Labute approximate surface area is 243 Å². The maximum absolute atomic E-state index is 14.4. The van der Waals surface area contributed by atoms with Gasteiger partial charge in [-0.2, -0.15) is 0 Å². The summed E-state index contributed by atoms with van der Waals surface area (Å²) in [7, 11) is 0. The number of phenols is 6. The number of aromatic hydroxyl groups is 6. The van der Waals surface area contributed by atoms with Gasteiger partial charge in [-0.3, -0.25) is 9.59 Å². The molecule has 0 bridgehead atoms. The fourth-order valence-electron chi connectivity index (χ4n) is 8.08. The summed E-state index contributed by atoms with van der Waals surface area (Å²) < 4.78 is 0. The largest absolute Gasteiger partial charge is 0.507 e. The topological polar surface area (TPSA) is 156 Å². The Balaban J connectivity index is 1.83. The molecule has 8 nitrogen and oxygen atoms in total. The number of fused-ring (bicyclic) bond motifs is 6. The Bertz CT molecular complexity index is 2880. The van der Waals surface area contributed by atoms with Gasteiger partial charge in [0, 0.05) is 66.0 Å². The molecule has 0 saturated carbocycles. The molecule has 0 unspecified atom stereocenters. The van der Waals surface area contributed by atoms with Crippen molar-refractivity contribution in [2.45, 2.75) is 0 Å². The fraction of sp³-hybridized carbons (Fsp3) is 0. The van der Waals surface area contributed by atoms with Crippen LogP contribution in [0.2, 0.25) is 0 Å². The Morgan fingerprint density at radius 1 is 0.318 bits per heavy atom. The van der Waals surface area contributed by atoms with Crippen LogP contribution in [0.25, 0.3) is 97.0 Å². The second kappa shape index (κ2) is 7.02. The molecule has 0 amide bonds. The van der Waals surface area contributed by atoms with Crippen LogP contribution in [0.15, 0.2) is 70.3 Å². The van der Waals surface area contributed by atoms with E-state index in [4.69, 9.17) is 0 Å². The van der Waals surface area contributed by atoms with Gasteiger partial charge in [-0.05, 0) is 21.5 Å². The summed E-state index contributed by atoms with van der Waals surface area (Å²) >= 11 is 0. The van der Waals surface area contributed by atoms with Crippen LogP contribution in [0.3, 0.4) is 0 Å². The minimum atomic E-state index is -0.678. The highest BCUT2D eigenvalue weighted by Gasteiger charge is 2.33. The average molecular weight is 577 g/mol. The molecule has 8 heteroatoms. The van der Waals surface area contributed by atoms with E-state index in [2.05, 4.69) is 0 Å². The zero-order chi connectivity index (χ0) is 30.1. The number of hydrogen-bond donors (Lipinski definition) is 6. The Morgan fingerprint density at radius 2 is 0.614 bits per heavy atom. The normalized spacial score (nSPS) is 12.8. The number of hydrogen-bond acceptors (Lipinski definition) is 8. The summed E-state index contributed by atoms with van der Waals surface area (Å²) in [5, 5.41) is 72.4. The SMILES string of the molecule is O=c1c2c(O)cc(O)c3c4c(O)cc(O)c5c(=O)c6c(O)c7ccccc7c7c6c(c54)c(c23)c2c1c(O)c1ccccc1c27. The number of rotatable bonds is 0. The van der Waals surface area contributed by atoms with Gasteiger partial charge in [0.1, 0.15) is 34.5 Å². The van der Waals surface area contributed by atoms with E-state index in [1.165, 1.54) is 0 Å². The first-order chi connectivity index (χ1) is 21.2. The summed E-state index contributed by atoms with van der Waals surface area (Å²) in [6.07, 6.45) is 0. The minimum absolute atomic E-state index is 0.00705. The third-order valence-electron chi connectivity index (χ3n) is 9.61.